The van der Waals surface area contributed by atoms with Gasteiger partial charge in [-0.15, -0.1) is 11.6 Å². The van der Waals surface area contributed by atoms with E-state index in [9.17, 15) is 4.79 Å². The summed E-state index contributed by atoms with van der Waals surface area (Å²) in [5.41, 5.74) is 0.358. The molecule has 0 unspecified atom stereocenters. The van der Waals surface area contributed by atoms with Gasteiger partial charge in [-0.3, -0.25) is 4.79 Å². The Morgan fingerprint density at radius 2 is 1.74 bits per heavy atom. The van der Waals surface area contributed by atoms with Crippen molar-refractivity contribution in [3.63, 3.8) is 0 Å². The van der Waals surface area contributed by atoms with Crippen molar-refractivity contribution < 1.29 is 4.79 Å². The number of amides is 1. The number of benzene rings is 1. The Labute approximate surface area is 128 Å². The SMILES string of the molecule is O=C(NCC1CCC(Cl)CC1)c1c(Cl)cccc1Cl. The molecule has 1 aromatic carbocycles. The predicted molar refractivity (Wildman–Crippen MR) is 80.4 cm³/mol. The quantitative estimate of drug-likeness (QED) is 0.815. The van der Waals surface area contributed by atoms with Crippen LogP contribution in [0.3, 0.4) is 0 Å². The van der Waals surface area contributed by atoms with Gasteiger partial charge in [0, 0.05) is 11.9 Å². The van der Waals surface area contributed by atoms with Crippen molar-refractivity contribution >= 4 is 40.7 Å². The Kier molecular flexibility index (Phi) is 5.37. The highest BCUT2D eigenvalue weighted by Crippen LogP contribution is 2.28. The highest BCUT2D eigenvalue weighted by Gasteiger charge is 2.21. The molecule has 2 rings (SSSR count). The average Bonchev–Trinajstić information content (AvgIpc) is 2.38. The molecule has 1 aliphatic carbocycles. The summed E-state index contributed by atoms with van der Waals surface area (Å²) in [6.45, 7) is 0.657. The molecule has 1 N–H and O–H groups in total. The molecule has 0 atom stereocenters. The molecule has 0 saturated heterocycles. The van der Waals surface area contributed by atoms with Gasteiger partial charge < -0.3 is 5.32 Å². The lowest BCUT2D eigenvalue weighted by Crippen LogP contribution is -2.31. The Morgan fingerprint density at radius 3 is 2.32 bits per heavy atom. The Balaban J connectivity index is 1.91. The molecular formula is C14H16Cl3NO. The van der Waals surface area contributed by atoms with Crippen LogP contribution in [0.2, 0.25) is 10.0 Å². The molecule has 0 spiro atoms. The fourth-order valence-corrected chi connectivity index (χ4v) is 3.19. The Morgan fingerprint density at radius 1 is 1.16 bits per heavy atom. The normalized spacial score (nSPS) is 23.1. The van der Waals surface area contributed by atoms with Gasteiger partial charge in [-0.1, -0.05) is 29.3 Å². The van der Waals surface area contributed by atoms with Gasteiger partial charge >= 0.3 is 0 Å². The molecule has 0 bridgehead atoms. The van der Waals surface area contributed by atoms with E-state index in [0.29, 0.717) is 33.4 Å². The molecule has 1 amide bonds. The second-order valence-electron chi connectivity index (χ2n) is 4.92. The summed E-state index contributed by atoms with van der Waals surface area (Å²) in [6.07, 6.45) is 4.17. The maximum Gasteiger partial charge on any atom is 0.254 e. The Hall–Kier alpha value is -0.440. The van der Waals surface area contributed by atoms with Crippen LogP contribution in [0.15, 0.2) is 18.2 Å². The van der Waals surface area contributed by atoms with Crippen LogP contribution < -0.4 is 5.32 Å². The summed E-state index contributed by atoms with van der Waals surface area (Å²) in [4.78, 5) is 12.1. The van der Waals surface area contributed by atoms with E-state index in [1.807, 2.05) is 0 Å². The summed E-state index contributed by atoms with van der Waals surface area (Å²) in [5, 5.41) is 3.98. The fourth-order valence-electron chi connectivity index (χ4n) is 2.37. The van der Waals surface area contributed by atoms with E-state index in [-0.39, 0.29) is 5.91 Å². The summed E-state index contributed by atoms with van der Waals surface area (Å²) in [7, 11) is 0. The van der Waals surface area contributed by atoms with Crippen molar-refractivity contribution in [1.29, 1.82) is 0 Å². The van der Waals surface area contributed by atoms with E-state index in [1.165, 1.54) is 0 Å². The number of rotatable bonds is 3. The zero-order valence-corrected chi connectivity index (χ0v) is 12.7. The predicted octanol–water partition coefficient (Wildman–Crippen LogP) is 4.52. The standard InChI is InChI=1S/C14H16Cl3NO/c15-10-6-4-9(5-7-10)8-18-14(19)13-11(16)2-1-3-12(13)17/h1-3,9-10H,4-8H2,(H,18,19). The fraction of sp³-hybridized carbons (Fsp3) is 0.500. The largest absolute Gasteiger partial charge is 0.352 e. The number of hydrogen-bond acceptors (Lipinski definition) is 1. The van der Waals surface area contributed by atoms with Crippen molar-refractivity contribution in [1.82, 2.24) is 5.32 Å². The third-order valence-corrected chi connectivity index (χ3v) is 4.58. The van der Waals surface area contributed by atoms with E-state index in [2.05, 4.69) is 5.32 Å². The highest BCUT2D eigenvalue weighted by atomic mass is 35.5. The summed E-state index contributed by atoms with van der Waals surface area (Å²) in [5.74, 6) is 0.295. The molecule has 19 heavy (non-hydrogen) atoms. The third kappa shape index (κ3) is 4.01. The number of halogens is 3. The zero-order chi connectivity index (χ0) is 13.8. The van der Waals surface area contributed by atoms with E-state index in [4.69, 9.17) is 34.8 Å². The monoisotopic (exact) mass is 319 g/mol. The summed E-state index contributed by atoms with van der Waals surface area (Å²) < 4.78 is 0. The molecule has 1 saturated carbocycles. The molecule has 104 valence electrons. The van der Waals surface area contributed by atoms with Gasteiger partial charge in [0.2, 0.25) is 0 Å². The minimum Gasteiger partial charge on any atom is -0.352 e. The van der Waals surface area contributed by atoms with Crippen molar-refractivity contribution in [3.8, 4) is 0 Å². The van der Waals surface area contributed by atoms with Gasteiger partial charge in [-0.25, -0.2) is 0 Å². The Bertz CT molecular complexity index is 436. The highest BCUT2D eigenvalue weighted by molar-refractivity contribution is 6.39. The molecule has 5 heteroatoms. The van der Waals surface area contributed by atoms with Crippen LogP contribution in [0.25, 0.3) is 0 Å². The number of nitrogens with one attached hydrogen (secondary N) is 1. The van der Waals surface area contributed by atoms with Crippen LogP contribution in [0.1, 0.15) is 36.0 Å². The van der Waals surface area contributed by atoms with Crippen molar-refractivity contribution in [2.75, 3.05) is 6.54 Å². The van der Waals surface area contributed by atoms with Crippen LogP contribution >= 0.6 is 34.8 Å². The lowest BCUT2D eigenvalue weighted by molar-refractivity contribution is 0.0944. The molecular weight excluding hydrogens is 305 g/mol. The van der Waals surface area contributed by atoms with Gasteiger partial charge in [0.15, 0.2) is 0 Å². The first kappa shape index (κ1) is 15.0. The minimum atomic E-state index is -0.205. The first-order valence-electron chi connectivity index (χ1n) is 6.44. The van der Waals surface area contributed by atoms with Crippen LogP contribution in [0.4, 0.5) is 0 Å². The van der Waals surface area contributed by atoms with E-state index in [1.54, 1.807) is 18.2 Å². The number of carbonyl (C=O) groups excluding carboxylic acids is 1. The van der Waals surface area contributed by atoms with Crippen molar-refractivity contribution in [2.45, 2.75) is 31.1 Å². The van der Waals surface area contributed by atoms with Crippen LogP contribution in [0, 0.1) is 5.92 Å². The van der Waals surface area contributed by atoms with Crippen molar-refractivity contribution in [3.05, 3.63) is 33.8 Å². The molecule has 1 fully saturated rings. The van der Waals surface area contributed by atoms with Gasteiger partial charge in [0.05, 0.1) is 15.6 Å². The van der Waals surface area contributed by atoms with Gasteiger partial charge in [-0.2, -0.15) is 0 Å². The lowest BCUT2D eigenvalue weighted by atomic mass is 9.89. The third-order valence-electron chi connectivity index (χ3n) is 3.52. The molecule has 1 aliphatic rings. The molecule has 2 nitrogen and oxygen atoms in total. The van der Waals surface area contributed by atoms with Crippen LogP contribution in [-0.2, 0) is 0 Å². The van der Waals surface area contributed by atoms with Gasteiger partial charge in [0.25, 0.3) is 5.91 Å². The smallest absolute Gasteiger partial charge is 0.254 e. The second kappa shape index (κ2) is 6.83. The summed E-state index contributed by atoms with van der Waals surface area (Å²) >= 11 is 18.1. The van der Waals surface area contributed by atoms with E-state index >= 15 is 0 Å². The molecule has 0 aromatic heterocycles. The maximum absolute atomic E-state index is 12.1. The maximum atomic E-state index is 12.1. The second-order valence-corrected chi connectivity index (χ2v) is 6.36. The van der Waals surface area contributed by atoms with Crippen LogP contribution in [0.5, 0.6) is 0 Å². The zero-order valence-electron chi connectivity index (χ0n) is 10.5. The van der Waals surface area contributed by atoms with E-state index < -0.39 is 0 Å². The van der Waals surface area contributed by atoms with Gasteiger partial charge in [0.1, 0.15) is 0 Å². The molecule has 0 heterocycles. The summed E-state index contributed by atoms with van der Waals surface area (Å²) in [6, 6.07) is 5.06. The first-order chi connectivity index (χ1) is 9.08. The van der Waals surface area contributed by atoms with Crippen molar-refractivity contribution in [2.24, 2.45) is 5.92 Å². The molecule has 1 aromatic rings. The first-order valence-corrected chi connectivity index (χ1v) is 7.63. The number of hydrogen-bond donors (Lipinski definition) is 1. The van der Waals surface area contributed by atoms with Crippen LogP contribution in [-0.4, -0.2) is 17.8 Å². The number of carbonyl (C=O) groups is 1. The topological polar surface area (TPSA) is 29.1 Å². The van der Waals surface area contributed by atoms with E-state index in [0.717, 1.165) is 25.7 Å². The lowest BCUT2D eigenvalue weighted by Gasteiger charge is -2.25. The number of alkyl halides is 1. The average molecular weight is 321 g/mol. The molecule has 0 radical (unpaired) electrons. The van der Waals surface area contributed by atoms with Gasteiger partial charge in [-0.05, 0) is 43.7 Å². The molecule has 0 aliphatic heterocycles. The minimum absolute atomic E-state index is 0.205.